The summed E-state index contributed by atoms with van der Waals surface area (Å²) in [6, 6.07) is 0.772. The third-order valence-corrected chi connectivity index (χ3v) is 8.76. The molecule has 4 aliphatic rings. The van der Waals surface area contributed by atoms with Crippen molar-refractivity contribution in [3.05, 3.63) is 0 Å². The summed E-state index contributed by atoms with van der Waals surface area (Å²) in [4.78, 5) is 19.8. The molecular weight excluding hydrogens is 362 g/mol. The average Bonchev–Trinajstić information content (AvgIpc) is 3.42. The minimum atomic E-state index is -2.84. The first-order chi connectivity index (χ1) is 13.0. The van der Waals surface area contributed by atoms with E-state index in [1.807, 2.05) is 4.90 Å². The van der Waals surface area contributed by atoms with Gasteiger partial charge in [-0.05, 0) is 38.0 Å². The zero-order valence-electron chi connectivity index (χ0n) is 16.5. The Hall–Kier alpha value is -0.660. The van der Waals surface area contributed by atoms with Crippen molar-refractivity contribution in [1.82, 2.24) is 14.7 Å². The quantitative estimate of drug-likeness (QED) is 0.677. The second kappa shape index (κ2) is 8.37. The Kier molecular flexibility index (Phi) is 6.09. The van der Waals surface area contributed by atoms with Crippen LogP contribution >= 0.6 is 0 Å². The summed E-state index contributed by atoms with van der Waals surface area (Å²) < 4.78 is 23.4. The lowest BCUT2D eigenvalue weighted by Crippen LogP contribution is -2.54. The van der Waals surface area contributed by atoms with Gasteiger partial charge in [0.15, 0.2) is 9.84 Å². The van der Waals surface area contributed by atoms with Crippen LogP contribution in [0.2, 0.25) is 0 Å². The predicted octanol–water partition coefficient (Wildman–Crippen LogP) is 1.36. The molecule has 0 bridgehead atoms. The standard InChI is InChI=1S/C20H35N3O3S/c24-20(15-23(14-17-6-7-17)18-4-2-1-3-5-18)22-11-9-21(10-12-22)19-8-13-27(25,26)16-19/h17-19H,1-16H2. The van der Waals surface area contributed by atoms with Crippen molar-refractivity contribution in [2.24, 2.45) is 5.92 Å². The maximum atomic E-state index is 13.0. The number of hydrogen-bond donors (Lipinski definition) is 0. The summed E-state index contributed by atoms with van der Waals surface area (Å²) in [7, 11) is -2.84. The average molecular weight is 398 g/mol. The number of nitrogens with zero attached hydrogens (tertiary/aromatic N) is 3. The summed E-state index contributed by atoms with van der Waals surface area (Å²) in [5.74, 6) is 1.73. The highest BCUT2D eigenvalue weighted by atomic mass is 32.2. The molecule has 2 saturated heterocycles. The molecule has 2 aliphatic heterocycles. The number of rotatable bonds is 6. The highest BCUT2D eigenvalue weighted by Crippen LogP contribution is 2.32. The van der Waals surface area contributed by atoms with Crippen molar-refractivity contribution >= 4 is 15.7 Å². The van der Waals surface area contributed by atoms with E-state index in [1.54, 1.807) is 0 Å². The SMILES string of the molecule is O=C(CN(CC1CC1)C1CCCCC1)N1CCN(C2CCS(=O)(=O)C2)CC1. The lowest BCUT2D eigenvalue weighted by Gasteiger charge is -2.39. The summed E-state index contributed by atoms with van der Waals surface area (Å²) in [5.41, 5.74) is 0. The Morgan fingerprint density at radius 1 is 0.926 bits per heavy atom. The number of sulfone groups is 1. The fraction of sp³-hybridized carbons (Fsp3) is 0.950. The van der Waals surface area contributed by atoms with Crippen LogP contribution in [0.3, 0.4) is 0 Å². The first-order valence-electron chi connectivity index (χ1n) is 11.0. The molecule has 1 atom stereocenters. The van der Waals surface area contributed by atoms with Crippen LogP contribution < -0.4 is 0 Å². The van der Waals surface area contributed by atoms with Crippen LogP contribution in [0.25, 0.3) is 0 Å². The molecule has 1 unspecified atom stereocenters. The zero-order chi connectivity index (χ0) is 18.9. The number of carbonyl (C=O) groups is 1. The van der Waals surface area contributed by atoms with Gasteiger partial charge >= 0.3 is 0 Å². The van der Waals surface area contributed by atoms with Crippen molar-refractivity contribution in [3.8, 4) is 0 Å². The van der Waals surface area contributed by atoms with E-state index in [-0.39, 0.29) is 11.9 Å². The van der Waals surface area contributed by atoms with E-state index >= 15 is 0 Å². The Labute approximate surface area is 164 Å². The second-order valence-electron chi connectivity index (χ2n) is 9.14. The fourth-order valence-corrected chi connectivity index (χ4v) is 6.86. The lowest BCUT2D eigenvalue weighted by atomic mass is 9.94. The largest absolute Gasteiger partial charge is 0.339 e. The third-order valence-electron chi connectivity index (χ3n) is 7.01. The van der Waals surface area contributed by atoms with Crippen LogP contribution in [-0.4, -0.2) is 91.9 Å². The van der Waals surface area contributed by atoms with Gasteiger partial charge in [-0.15, -0.1) is 0 Å². The molecule has 0 aromatic carbocycles. The van der Waals surface area contributed by atoms with E-state index in [0.717, 1.165) is 45.1 Å². The van der Waals surface area contributed by atoms with E-state index < -0.39 is 9.84 Å². The van der Waals surface area contributed by atoms with Crippen molar-refractivity contribution in [2.75, 3.05) is 50.8 Å². The maximum Gasteiger partial charge on any atom is 0.236 e. The number of amides is 1. The van der Waals surface area contributed by atoms with Crippen molar-refractivity contribution in [2.45, 2.75) is 63.5 Å². The normalized spacial score (nSPS) is 30.1. The molecule has 2 saturated carbocycles. The highest BCUT2D eigenvalue weighted by molar-refractivity contribution is 7.91. The molecule has 0 aromatic heterocycles. The van der Waals surface area contributed by atoms with E-state index in [2.05, 4.69) is 9.80 Å². The summed E-state index contributed by atoms with van der Waals surface area (Å²) in [6.45, 7) is 4.82. The molecule has 27 heavy (non-hydrogen) atoms. The van der Waals surface area contributed by atoms with Crippen LogP contribution in [0, 0.1) is 5.92 Å². The summed E-state index contributed by atoms with van der Waals surface area (Å²) in [5, 5.41) is 0. The van der Waals surface area contributed by atoms with Crippen LogP contribution in [0.15, 0.2) is 0 Å². The smallest absolute Gasteiger partial charge is 0.236 e. The van der Waals surface area contributed by atoms with Gasteiger partial charge in [0.2, 0.25) is 5.91 Å². The van der Waals surface area contributed by atoms with Crippen LogP contribution in [0.4, 0.5) is 0 Å². The van der Waals surface area contributed by atoms with E-state index in [9.17, 15) is 13.2 Å². The topological polar surface area (TPSA) is 60.9 Å². The number of carbonyl (C=O) groups excluding carboxylic acids is 1. The van der Waals surface area contributed by atoms with Gasteiger partial charge in [0.25, 0.3) is 0 Å². The highest BCUT2D eigenvalue weighted by Gasteiger charge is 2.35. The Balaban J connectivity index is 1.27. The van der Waals surface area contributed by atoms with Crippen molar-refractivity contribution < 1.29 is 13.2 Å². The molecule has 4 rings (SSSR count). The molecule has 7 heteroatoms. The van der Waals surface area contributed by atoms with Gasteiger partial charge in [0.05, 0.1) is 18.1 Å². The molecule has 4 fully saturated rings. The molecule has 6 nitrogen and oxygen atoms in total. The van der Waals surface area contributed by atoms with Gasteiger partial charge in [0.1, 0.15) is 0 Å². The maximum absolute atomic E-state index is 13.0. The van der Waals surface area contributed by atoms with E-state index in [1.165, 1.54) is 44.9 Å². The minimum Gasteiger partial charge on any atom is -0.339 e. The van der Waals surface area contributed by atoms with Gasteiger partial charge in [-0.3, -0.25) is 14.6 Å². The third kappa shape index (κ3) is 5.24. The molecule has 0 radical (unpaired) electrons. The summed E-state index contributed by atoms with van der Waals surface area (Å²) in [6.07, 6.45) is 9.90. The molecular formula is C20H35N3O3S. The molecule has 0 aromatic rings. The second-order valence-corrected chi connectivity index (χ2v) is 11.4. The Morgan fingerprint density at radius 3 is 2.22 bits per heavy atom. The first kappa shape index (κ1) is 19.6. The molecule has 0 N–H and O–H groups in total. The zero-order valence-corrected chi connectivity index (χ0v) is 17.3. The van der Waals surface area contributed by atoms with Gasteiger partial charge in [-0.2, -0.15) is 0 Å². The Bertz CT molecular complexity index is 620. The van der Waals surface area contributed by atoms with Crippen molar-refractivity contribution in [1.29, 1.82) is 0 Å². The van der Waals surface area contributed by atoms with E-state index in [0.29, 0.717) is 24.1 Å². The van der Waals surface area contributed by atoms with Crippen LogP contribution in [0.1, 0.15) is 51.4 Å². The van der Waals surface area contributed by atoms with Gasteiger partial charge < -0.3 is 4.90 Å². The van der Waals surface area contributed by atoms with E-state index in [4.69, 9.17) is 0 Å². The monoisotopic (exact) mass is 397 g/mol. The number of piperazine rings is 1. The molecule has 2 heterocycles. The molecule has 154 valence electrons. The van der Waals surface area contributed by atoms with Crippen LogP contribution in [0.5, 0.6) is 0 Å². The Morgan fingerprint density at radius 2 is 1.63 bits per heavy atom. The fourth-order valence-electron chi connectivity index (χ4n) is 5.09. The predicted molar refractivity (Wildman–Crippen MR) is 106 cm³/mol. The molecule has 2 aliphatic carbocycles. The molecule has 1 amide bonds. The van der Waals surface area contributed by atoms with Gasteiger partial charge in [0, 0.05) is 44.8 Å². The van der Waals surface area contributed by atoms with Crippen LogP contribution in [-0.2, 0) is 14.6 Å². The lowest BCUT2D eigenvalue weighted by molar-refractivity contribution is -0.135. The molecule has 0 spiro atoms. The number of hydrogen-bond acceptors (Lipinski definition) is 5. The van der Waals surface area contributed by atoms with Gasteiger partial charge in [-0.25, -0.2) is 8.42 Å². The van der Waals surface area contributed by atoms with Crippen molar-refractivity contribution in [3.63, 3.8) is 0 Å². The van der Waals surface area contributed by atoms with Gasteiger partial charge in [-0.1, -0.05) is 19.3 Å². The summed E-state index contributed by atoms with van der Waals surface area (Å²) >= 11 is 0. The minimum absolute atomic E-state index is 0.167. The first-order valence-corrected chi connectivity index (χ1v) is 12.8.